The Balaban J connectivity index is 2.53. The number of anilines is 2. The van der Waals surface area contributed by atoms with Gasteiger partial charge >= 0.3 is 0 Å². The standard InChI is InChI=1S/C20H25FN2O3S/c1-7-26-23-18(25)15-12(3)16(17(24)20(4,5)6)27-19(15)22-14-9-8-11(2)10-13(14)21/h8-10,22H,7H2,1-6H3,(H,23,25). The second-order valence-corrected chi connectivity index (χ2v) is 8.33. The molecule has 0 aliphatic rings. The van der Waals surface area contributed by atoms with Gasteiger partial charge in [-0.2, -0.15) is 0 Å². The summed E-state index contributed by atoms with van der Waals surface area (Å²) < 4.78 is 14.3. The zero-order chi connectivity index (χ0) is 20.4. The van der Waals surface area contributed by atoms with E-state index in [2.05, 4.69) is 10.8 Å². The summed E-state index contributed by atoms with van der Waals surface area (Å²) in [5.41, 5.74) is 3.61. The molecule has 1 aromatic heterocycles. The fourth-order valence-corrected chi connectivity index (χ4v) is 3.83. The zero-order valence-electron chi connectivity index (χ0n) is 16.5. The molecular weight excluding hydrogens is 367 g/mol. The summed E-state index contributed by atoms with van der Waals surface area (Å²) in [6.45, 7) is 11.0. The largest absolute Gasteiger partial charge is 0.344 e. The molecule has 146 valence electrons. The van der Waals surface area contributed by atoms with Crippen molar-refractivity contribution in [2.75, 3.05) is 11.9 Å². The Morgan fingerprint density at radius 1 is 1.22 bits per heavy atom. The average molecular weight is 392 g/mol. The van der Waals surface area contributed by atoms with Crippen LogP contribution in [-0.4, -0.2) is 18.3 Å². The second kappa shape index (κ2) is 8.19. The minimum absolute atomic E-state index is 0.0760. The Morgan fingerprint density at radius 2 is 1.89 bits per heavy atom. The van der Waals surface area contributed by atoms with Crippen molar-refractivity contribution >= 4 is 33.7 Å². The third-order valence-corrected chi connectivity index (χ3v) is 5.15. The number of Topliss-reactive ketones (excluding diaryl/α,β-unsaturated/α-hetero) is 1. The van der Waals surface area contributed by atoms with Crippen molar-refractivity contribution in [3.8, 4) is 0 Å². The lowest BCUT2D eigenvalue weighted by molar-refractivity contribution is 0.0365. The van der Waals surface area contributed by atoms with Crippen LogP contribution in [0.1, 0.15) is 58.9 Å². The van der Waals surface area contributed by atoms with Gasteiger partial charge in [0, 0.05) is 5.41 Å². The maximum atomic E-state index is 14.3. The van der Waals surface area contributed by atoms with E-state index in [0.29, 0.717) is 22.0 Å². The monoisotopic (exact) mass is 392 g/mol. The number of rotatable bonds is 6. The number of nitrogens with one attached hydrogen (secondary N) is 2. The predicted molar refractivity (Wildman–Crippen MR) is 106 cm³/mol. The van der Waals surface area contributed by atoms with Crippen LogP contribution in [0.3, 0.4) is 0 Å². The quantitative estimate of drug-likeness (QED) is 0.526. The second-order valence-electron chi connectivity index (χ2n) is 7.31. The lowest BCUT2D eigenvalue weighted by atomic mass is 9.88. The SMILES string of the molecule is CCONC(=O)c1c(Nc2ccc(C)cc2F)sc(C(=O)C(C)(C)C)c1C. The molecule has 1 amide bonds. The van der Waals surface area contributed by atoms with E-state index in [4.69, 9.17) is 4.84 Å². The number of carbonyl (C=O) groups excluding carboxylic acids is 2. The number of ketones is 1. The molecule has 0 saturated heterocycles. The van der Waals surface area contributed by atoms with E-state index in [-0.39, 0.29) is 17.0 Å². The first-order valence-electron chi connectivity index (χ1n) is 8.69. The molecule has 0 aliphatic heterocycles. The summed E-state index contributed by atoms with van der Waals surface area (Å²) in [5, 5.41) is 3.37. The van der Waals surface area contributed by atoms with Gasteiger partial charge in [0.25, 0.3) is 5.91 Å². The first-order valence-corrected chi connectivity index (χ1v) is 9.51. The number of carbonyl (C=O) groups is 2. The van der Waals surface area contributed by atoms with Crippen molar-refractivity contribution < 1.29 is 18.8 Å². The number of hydrogen-bond donors (Lipinski definition) is 2. The smallest absolute Gasteiger partial charge is 0.278 e. The Bertz CT molecular complexity index is 869. The third kappa shape index (κ3) is 4.73. The van der Waals surface area contributed by atoms with Crippen molar-refractivity contribution in [2.24, 2.45) is 5.41 Å². The number of halogens is 1. The normalized spacial score (nSPS) is 11.4. The molecule has 0 unspecified atom stereocenters. The highest BCUT2D eigenvalue weighted by molar-refractivity contribution is 7.18. The van der Waals surface area contributed by atoms with E-state index >= 15 is 0 Å². The maximum Gasteiger partial charge on any atom is 0.278 e. The number of hydrogen-bond acceptors (Lipinski definition) is 5. The highest BCUT2D eigenvalue weighted by atomic mass is 32.1. The van der Waals surface area contributed by atoms with Gasteiger partial charge in [0.15, 0.2) is 5.78 Å². The zero-order valence-corrected chi connectivity index (χ0v) is 17.3. The summed E-state index contributed by atoms with van der Waals surface area (Å²) in [6.07, 6.45) is 0. The summed E-state index contributed by atoms with van der Waals surface area (Å²) in [5.74, 6) is -0.984. The predicted octanol–water partition coefficient (Wildman–Crippen LogP) is 5.16. The van der Waals surface area contributed by atoms with Crippen molar-refractivity contribution in [1.29, 1.82) is 0 Å². The Morgan fingerprint density at radius 3 is 2.44 bits per heavy atom. The van der Waals surface area contributed by atoms with Gasteiger partial charge in [-0.3, -0.25) is 14.4 Å². The van der Waals surface area contributed by atoms with Gasteiger partial charge < -0.3 is 5.32 Å². The van der Waals surface area contributed by atoms with Crippen molar-refractivity contribution in [3.63, 3.8) is 0 Å². The van der Waals surface area contributed by atoms with Gasteiger partial charge in [0.05, 0.1) is 22.7 Å². The number of aryl methyl sites for hydroxylation is 1. The molecular formula is C20H25FN2O3S. The Kier molecular flexibility index (Phi) is 6.38. The first kappa shape index (κ1) is 21.1. The molecule has 1 aromatic carbocycles. The van der Waals surface area contributed by atoms with Crippen molar-refractivity contribution in [1.82, 2.24) is 5.48 Å². The minimum atomic E-state index is -0.602. The van der Waals surface area contributed by atoms with Gasteiger partial charge in [-0.1, -0.05) is 26.8 Å². The molecule has 0 fully saturated rings. The fraction of sp³-hybridized carbons (Fsp3) is 0.400. The van der Waals surface area contributed by atoms with Crippen LogP contribution in [0.2, 0.25) is 0 Å². The van der Waals surface area contributed by atoms with Gasteiger partial charge in [0.1, 0.15) is 10.8 Å². The van der Waals surface area contributed by atoms with Crippen LogP contribution in [0.15, 0.2) is 18.2 Å². The molecule has 5 nitrogen and oxygen atoms in total. The van der Waals surface area contributed by atoms with Crippen LogP contribution in [0, 0.1) is 25.1 Å². The number of amides is 1. The molecule has 27 heavy (non-hydrogen) atoms. The average Bonchev–Trinajstić information content (AvgIpc) is 2.89. The topological polar surface area (TPSA) is 67.4 Å². The lowest BCUT2D eigenvalue weighted by Crippen LogP contribution is -2.25. The van der Waals surface area contributed by atoms with E-state index in [1.54, 1.807) is 32.9 Å². The van der Waals surface area contributed by atoms with Gasteiger partial charge in [0.2, 0.25) is 0 Å². The van der Waals surface area contributed by atoms with Crippen LogP contribution in [-0.2, 0) is 4.84 Å². The maximum absolute atomic E-state index is 14.3. The van der Waals surface area contributed by atoms with E-state index < -0.39 is 17.1 Å². The Labute approximate surface area is 162 Å². The summed E-state index contributed by atoms with van der Waals surface area (Å²) >= 11 is 1.15. The van der Waals surface area contributed by atoms with Crippen LogP contribution >= 0.6 is 11.3 Å². The van der Waals surface area contributed by atoms with E-state index in [1.165, 1.54) is 6.07 Å². The number of thiophene rings is 1. The highest BCUT2D eigenvalue weighted by Gasteiger charge is 2.31. The molecule has 2 N–H and O–H groups in total. The van der Waals surface area contributed by atoms with Crippen LogP contribution in [0.5, 0.6) is 0 Å². The number of benzene rings is 1. The van der Waals surface area contributed by atoms with Gasteiger partial charge in [-0.15, -0.1) is 11.3 Å². The van der Waals surface area contributed by atoms with Crippen molar-refractivity contribution in [2.45, 2.75) is 41.5 Å². The van der Waals surface area contributed by atoms with Gasteiger partial charge in [-0.05, 0) is 44.0 Å². The van der Waals surface area contributed by atoms with E-state index in [9.17, 15) is 14.0 Å². The molecule has 7 heteroatoms. The summed E-state index contributed by atoms with van der Waals surface area (Å²) in [4.78, 5) is 30.9. The molecule has 0 saturated carbocycles. The molecule has 1 heterocycles. The molecule has 0 spiro atoms. The molecule has 0 atom stereocenters. The van der Waals surface area contributed by atoms with E-state index in [0.717, 1.165) is 16.9 Å². The molecule has 0 aliphatic carbocycles. The molecule has 0 radical (unpaired) electrons. The summed E-state index contributed by atoms with van der Waals surface area (Å²) in [6, 6.07) is 4.78. The van der Waals surface area contributed by atoms with Crippen molar-refractivity contribution in [3.05, 3.63) is 45.6 Å². The van der Waals surface area contributed by atoms with Crippen LogP contribution in [0.25, 0.3) is 0 Å². The molecule has 0 bridgehead atoms. The highest BCUT2D eigenvalue weighted by Crippen LogP contribution is 2.38. The van der Waals surface area contributed by atoms with Gasteiger partial charge in [-0.25, -0.2) is 9.87 Å². The lowest BCUT2D eigenvalue weighted by Gasteiger charge is -2.15. The van der Waals surface area contributed by atoms with Crippen LogP contribution < -0.4 is 10.8 Å². The van der Waals surface area contributed by atoms with E-state index in [1.807, 2.05) is 20.8 Å². The summed E-state index contributed by atoms with van der Waals surface area (Å²) in [7, 11) is 0. The fourth-order valence-electron chi connectivity index (χ4n) is 2.46. The van der Waals surface area contributed by atoms with Crippen LogP contribution in [0.4, 0.5) is 15.1 Å². The first-order chi connectivity index (χ1) is 12.6. The Hall–Kier alpha value is -2.25. The number of hydroxylamine groups is 1. The molecule has 2 aromatic rings. The molecule has 2 rings (SSSR count). The minimum Gasteiger partial charge on any atom is -0.344 e. The third-order valence-electron chi connectivity index (χ3n) is 3.94.